The normalized spacial score (nSPS) is 27.9. The topological polar surface area (TPSA) is 44.4 Å². The Labute approximate surface area is 114 Å². The summed E-state index contributed by atoms with van der Waals surface area (Å²) in [5.41, 5.74) is 3.16. The molecule has 0 bridgehead atoms. The van der Waals surface area contributed by atoms with Gasteiger partial charge in [0.25, 0.3) is 0 Å². The van der Waals surface area contributed by atoms with Crippen molar-refractivity contribution >= 4 is 17.3 Å². The number of carbonyl (C=O) groups is 1. The van der Waals surface area contributed by atoms with Gasteiger partial charge in [0.15, 0.2) is 0 Å². The Bertz CT molecular complexity index is 514. The van der Waals surface area contributed by atoms with Crippen LogP contribution in [-0.4, -0.2) is 26.5 Å². The van der Waals surface area contributed by atoms with E-state index in [4.69, 9.17) is 0 Å². The third-order valence-electron chi connectivity index (χ3n) is 4.38. The molecule has 0 radical (unpaired) electrons. The minimum atomic E-state index is -0.210. The lowest BCUT2D eigenvalue weighted by Gasteiger charge is -2.20. The molecule has 2 aliphatic rings. The van der Waals surface area contributed by atoms with Crippen LogP contribution in [0.15, 0.2) is 18.2 Å². The second-order valence-electron chi connectivity index (χ2n) is 5.84. The van der Waals surface area contributed by atoms with Gasteiger partial charge < -0.3 is 15.5 Å². The van der Waals surface area contributed by atoms with Gasteiger partial charge in [-0.25, -0.2) is 0 Å². The van der Waals surface area contributed by atoms with Crippen LogP contribution < -0.4 is 15.5 Å². The summed E-state index contributed by atoms with van der Waals surface area (Å²) in [4.78, 5) is 14.1. The molecule has 2 N–H and O–H groups in total. The van der Waals surface area contributed by atoms with Crippen LogP contribution in [0.1, 0.15) is 24.9 Å². The molecule has 0 spiro atoms. The highest BCUT2D eigenvalue weighted by atomic mass is 16.2. The first-order chi connectivity index (χ1) is 9.10. The number of carbonyl (C=O) groups excluding carboxylic acids is 1. The Kier molecular flexibility index (Phi) is 2.97. The van der Waals surface area contributed by atoms with E-state index in [1.54, 1.807) is 0 Å². The highest BCUT2D eigenvalue weighted by Gasteiger charge is 2.34. The minimum Gasteiger partial charge on any atom is -0.374 e. The van der Waals surface area contributed by atoms with Gasteiger partial charge in [-0.2, -0.15) is 0 Å². The maximum atomic E-state index is 11.8. The molecule has 1 heterocycles. The number of nitrogens with zero attached hydrogens (tertiary/aromatic N) is 1. The number of nitrogens with one attached hydrogen (secondary N) is 2. The van der Waals surface area contributed by atoms with Crippen molar-refractivity contribution in [1.29, 1.82) is 0 Å². The van der Waals surface area contributed by atoms with Crippen LogP contribution in [0.4, 0.5) is 11.4 Å². The zero-order chi connectivity index (χ0) is 13.6. The summed E-state index contributed by atoms with van der Waals surface area (Å²) in [5, 5.41) is 5.98. The molecule has 102 valence electrons. The molecular weight excluding hydrogens is 238 g/mol. The van der Waals surface area contributed by atoms with E-state index in [9.17, 15) is 4.79 Å². The first-order valence-corrected chi connectivity index (χ1v) is 6.93. The number of hydrogen-bond acceptors (Lipinski definition) is 3. The van der Waals surface area contributed by atoms with E-state index >= 15 is 0 Å². The number of benzene rings is 1. The third kappa shape index (κ3) is 2.21. The summed E-state index contributed by atoms with van der Waals surface area (Å²) in [7, 11) is 3.94. The lowest BCUT2D eigenvalue weighted by Crippen LogP contribution is -2.23. The molecule has 1 aliphatic heterocycles. The molecular formula is C15H21N3O. The predicted molar refractivity (Wildman–Crippen MR) is 77.4 cm³/mol. The highest BCUT2D eigenvalue weighted by molar-refractivity contribution is 6.03. The van der Waals surface area contributed by atoms with Gasteiger partial charge in [-0.1, -0.05) is 13.0 Å². The molecule has 1 aliphatic carbocycles. The van der Waals surface area contributed by atoms with E-state index in [-0.39, 0.29) is 11.9 Å². The molecule has 3 unspecified atom stereocenters. The SMILES string of the molecule is CNC1C(=O)Nc2cc(N(C)CC3CC3C)ccc21. The lowest BCUT2D eigenvalue weighted by atomic mass is 10.1. The van der Waals surface area contributed by atoms with Gasteiger partial charge in [0.05, 0.1) is 0 Å². The molecule has 3 atom stereocenters. The number of hydrogen-bond donors (Lipinski definition) is 2. The predicted octanol–water partition coefficient (Wildman–Crippen LogP) is 1.99. The van der Waals surface area contributed by atoms with Crippen LogP contribution >= 0.6 is 0 Å². The standard InChI is InChI=1S/C15H21N3O/c1-9-6-10(9)8-18(3)11-4-5-12-13(7-11)17-15(19)14(12)16-2/h4-5,7,9-10,14,16H,6,8H2,1-3H3,(H,17,19). The van der Waals surface area contributed by atoms with Crippen molar-refractivity contribution < 1.29 is 4.79 Å². The maximum Gasteiger partial charge on any atom is 0.246 e. The summed E-state index contributed by atoms with van der Waals surface area (Å²) < 4.78 is 0. The average Bonchev–Trinajstić information content (AvgIpc) is 2.97. The van der Waals surface area contributed by atoms with Crippen LogP contribution in [0.5, 0.6) is 0 Å². The number of rotatable bonds is 4. The van der Waals surface area contributed by atoms with Crippen molar-refractivity contribution in [1.82, 2.24) is 5.32 Å². The molecule has 0 aromatic heterocycles. The fourth-order valence-electron chi connectivity index (χ4n) is 2.89. The number of anilines is 2. The Morgan fingerprint density at radius 3 is 2.84 bits per heavy atom. The van der Waals surface area contributed by atoms with Gasteiger partial charge in [0, 0.05) is 30.5 Å². The van der Waals surface area contributed by atoms with Crippen molar-refractivity contribution in [3.63, 3.8) is 0 Å². The average molecular weight is 259 g/mol. The zero-order valence-electron chi connectivity index (χ0n) is 11.7. The summed E-state index contributed by atoms with van der Waals surface area (Å²) in [6, 6.07) is 6.03. The van der Waals surface area contributed by atoms with E-state index in [1.165, 1.54) is 12.1 Å². The van der Waals surface area contributed by atoms with Gasteiger partial charge in [0.1, 0.15) is 6.04 Å². The fraction of sp³-hybridized carbons (Fsp3) is 0.533. The largest absolute Gasteiger partial charge is 0.374 e. The molecule has 0 saturated heterocycles. The molecule has 1 saturated carbocycles. The third-order valence-corrected chi connectivity index (χ3v) is 4.38. The fourth-order valence-corrected chi connectivity index (χ4v) is 2.89. The number of likely N-dealkylation sites (N-methyl/N-ethyl adjacent to an activating group) is 1. The number of amides is 1. The molecule has 1 aromatic carbocycles. The van der Waals surface area contributed by atoms with E-state index < -0.39 is 0 Å². The van der Waals surface area contributed by atoms with Gasteiger partial charge in [-0.15, -0.1) is 0 Å². The Balaban J connectivity index is 1.78. The van der Waals surface area contributed by atoms with Crippen LogP contribution in [0.3, 0.4) is 0 Å². The summed E-state index contributed by atoms with van der Waals surface area (Å²) in [6.45, 7) is 3.41. The lowest BCUT2D eigenvalue weighted by molar-refractivity contribution is -0.117. The molecule has 1 amide bonds. The van der Waals surface area contributed by atoms with Crippen LogP contribution in [0.25, 0.3) is 0 Å². The van der Waals surface area contributed by atoms with Crippen molar-refractivity contribution in [2.75, 3.05) is 30.9 Å². The van der Waals surface area contributed by atoms with E-state index in [0.29, 0.717) is 0 Å². The molecule has 3 rings (SSSR count). The monoisotopic (exact) mass is 259 g/mol. The van der Waals surface area contributed by atoms with Crippen LogP contribution in [-0.2, 0) is 4.79 Å². The van der Waals surface area contributed by atoms with Crippen molar-refractivity contribution in [3.05, 3.63) is 23.8 Å². The maximum absolute atomic E-state index is 11.8. The Morgan fingerprint density at radius 1 is 1.47 bits per heavy atom. The molecule has 1 fully saturated rings. The second-order valence-corrected chi connectivity index (χ2v) is 5.84. The van der Waals surface area contributed by atoms with E-state index in [1.807, 2.05) is 7.05 Å². The van der Waals surface area contributed by atoms with Gasteiger partial charge in [-0.3, -0.25) is 4.79 Å². The van der Waals surface area contributed by atoms with Gasteiger partial charge >= 0.3 is 0 Å². The Hall–Kier alpha value is -1.55. The first kappa shape index (κ1) is 12.5. The van der Waals surface area contributed by atoms with Gasteiger partial charge in [-0.05, 0) is 37.4 Å². The smallest absolute Gasteiger partial charge is 0.246 e. The minimum absolute atomic E-state index is 0.0353. The van der Waals surface area contributed by atoms with E-state index in [0.717, 1.165) is 29.6 Å². The molecule has 4 nitrogen and oxygen atoms in total. The summed E-state index contributed by atoms with van der Waals surface area (Å²) >= 11 is 0. The van der Waals surface area contributed by atoms with Crippen molar-refractivity contribution in [3.8, 4) is 0 Å². The first-order valence-electron chi connectivity index (χ1n) is 6.93. The van der Waals surface area contributed by atoms with Gasteiger partial charge in [0.2, 0.25) is 5.91 Å². The van der Waals surface area contributed by atoms with Crippen molar-refractivity contribution in [2.24, 2.45) is 11.8 Å². The second kappa shape index (κ2) is 4.53. The zero-order valence-corrected chi connectivity index (χ0v) is 11.7. The van der Waals surface area contributed by atoms with Crippen molar-refractivity contribution in [2.45, 2.75) is 19.4 Å². The quantitative estimate of drug-likeness (QED) is 0.869. The summed E-state index contributed by atoms with van der Waals surface area (Å²) in [6.07, 6.45) is 1.34. The number of fused-ring (bicyclic) bond motifs is 1. The molecule has 4 heteroatoms. The highest BCUT2D eigenvalue weighted by Crippen LogP contribution is 2.39. The molecule has 19 heavy (non-hydrogen) atoms. The molecule has 1 aromatic rings. The van der Waals surface area contributed by atoms with Crippen LogP contribution in [0, 0.1) is 11.8 Å². The Morgan fingerprint density at radius 2 is 2.21 bits per heavy atom. The van der Waals surface area contributed by atoms with E-state index in [2.05, 4.69) is 47.7 Å². The summed E-state index contributed by atoms with van der Waals surface area (Å²) in [5.74, 6) is 1.73. The van der Waals surface area contributed by atoms with Crippen LogP contribution in [0.2, 0.25) is 0 Å².